The van der Waals surface area contributed by atoms with Crippen molar-refractivity contribution in [2.45, 2.75) is 12.8 Å². The van der Waals surface area contributed by atoms with Gasteiger partial charge in [0.2, 0.25) is 0 Å². The van der Waals surface area contributed by atoms with Crippen LogP contribution < -0.4 is 5.32 Å². The Morgan fingerprint density at radius 2 is 2.27 bits per heavy atom. The average molecular weight is 233 g/mol. The van der Waals surface area contributed by atoms with Gasteiger partial charge in [-0.15, -0.1) is 0 Å². The summed E-state index contributed by atoms with van der Waals surface area (Å²) in [6.45, 7) is 4.53. The molecule has 0 spiro atoms. The maximum Gasteiger partial charge on any atom is 0.0700 e. The molecule has 4 heteroatoms. The van der Waals surface area contributed by atoms with Crippen LogP contribution in [0.1, 0.15) is 12.8 Å². The van der Waals surface area contributed by atoms with Gasteiger partial charge in [-0.05, 0) is 43.4 Å². The Kier molecular flexibility index (Phi) is 8.38. The van der Waals surface area contributed by atoms with Crippen molar-refractivity contribution >= 4 is 11.8 Å². The van der Waals surface area contributed by atoms with Gasteiger partial charge in [0.25, 0.3) is 0 Å². The zero-order valence-corrected chi connectivity index (χ0v) is 10.5. The Bertz CT molecular complexity index is 141. The van der Waals surface area contributed by atoms with Crippen molar-refractivity contribution in [2.75, 3.05) is 51.5 Å². The highest BCUT2D eigenvalue weighted by atomic mass is 32.2. The summed E-state index contributed by atoms with van der Waals surface area (Å²) < 4.78 is 10.3. The first kappa shape index (κ1) is 13.3. The monoisotopic (exact) mass is 233 g/mol. The van der Waals surface area contributed by atoms with Gasteiger partial charge in [0.15, 0.2) is 0 Å². The third-order valence-corrected chi connectivity index (χ3v) is 3.76. The number of nitrogens with one attached hydrogen (secondary N) is 1. The summed E-state index contributed by atoms with van der Waals surface area (Å²) in [6, 6.07) is 0. The lowest BCUT2D eigenvalue weighted by atomic mass is 10.1. The first-order valence-corrected chi connectivity index (χ1v) is 6.94. The molecule has 0 aromatic carbocycles. The van der Waals surface area contributed by atoms with Gasteiger partial charge in [-0.3, -0.25) is 0 Å². The minimum absolute atomic E-state index is 0.701. The lowest BCUT2D eigenvalue weighted by Gasteiger charge is -2.09. The molecule has 1 aliphatic heterocycles. The van der Waals surface area contributed by atoms with E-state index in [1.807, 2.05) is 0 Å². The summed E-state index contributed by atoms with van der Waals surface area (Å²) in [5, 5.41) is 3.49. The van der Waals surface area contributed by atoms with Gasteiger partial charge in [0.1, 0.15) is 0 Å². The summed E-state index contributed by atoms with van der Waals surface area (Å²) >= 11 is 2.08. The van der Waals surface area contributed by atoms with E-state index in [1.165, 1.54) is 24.5 Å². The first-order chi connectivity index (χ1) is 7.43. The van der Waals surface area contributed by atoms with Gasteiger partial charge in [-0.2, -0.15) is 11.8 Å². The van der Waals surface area contributed by atoms with E-state index in [2.05, 4.69) is 17.1 Å². The normalized spacial score (nSPS) is 21.0. The van der Waals surface area contributed by atoms with Crippen molar-refractivity contribution in [3.05, 3.63) is 0 Å². The van der Waals surface area contributed by atoms with E-state index in [0.29, 0.717) is 6.61 Å². The SMILES string of the molecule is COCCOCCCNCC1CCSC1. The first-order valence-electron chi connectivity index (χ1n) is 5.78. The second-order valence-electron chi connectivity index (χ2n) is 3.89. The van der Waals surface area contributed by atoms with Crippen molar-refractivity contribution in [3.8, 4) is 0 Å². The molecule has 90 valence electrons. The molecule has 3 nitrogen and oxygen atoms in total. The number of thioether (sulfide) groups is 1. The molecule has 1 unspecified atom stereocenters. The van der Waals surface area contributed by atoms with Gasteiger partial charge in [-0.1, -0.05) is 0 Å². The Morgan fingerprint density at radius 1 is 1.33 bits per heavy atom. The van der Waals surface area contributed by atoms with Crippen LogP contribution in [0.4, 0.5) is 0 Å². The molecule has 0 amide bonds. The fourth-order valence-corrected chi connectivity index (χ4v) is 2.88. The maximum atomic E-state index is 5.38. The van der Waals surface area contributed by atoms with Crippen LogP contribution in [0.25, 0.3) is 0 Å². The van der Waals surface area contributed by atoms with Gasteiger partial charge >= 0.3 is 0 Å². The Morgan fingerprint density at radius 3 is 3.00 bits per heavy atom. The standard InChI is InChI=1S/C11H23NO2S/c1-13-6-7-14-5-2-4-12-9-11-3-8-15-10-11/h11-12H,2-10H2,1H3. The fourth-order valence-electron chi connectivity index (χ4n) is 1.59. The van der Waals surface area contributed by atoms with Crippen molar-refractivity contribution in [2.24, 2.45) is 5.92 Å². The second kappa shape index (κ2) is 9.46. The largest absolute Gasteiger partial charge is 0.382 e. The molecule has 1 heterocycles. The molecule has 1 fully saturated rings. The predicted octanol–water partition coefficient (Wildman–Crippen LogP) is 1.38. The molecule has 0 bridgehead atoms. The smallest absolute Gasteiger partial charge is 0.0700 e. The van der Waals surface area contributed by atoms with Crippen molar-refractivity contribution in [1.29, 1.82) is 0 Å². The van der Waals surface area contributed by atoms with E-state index < -0.39 is 0 Å². The van der Waals surface area contributed by atoms with Gasteiger partial charge < -0.3 is 14.8 Å². The van der Waals surface area contributed by atoms with Crippen LogP contribution in [-0.2, 0) is 9.47 Å². The predicted molar refractivity (Wildman–Crippen MR) is 65.6 cm³/mol. The summed E-state index contributed by atoms with van der Waals surface area (Å²) in [6.07, 6.45) is 2.49. The number of hydrogen-bond acceptors (Lipinski definition) is 4. The molecule has 0 saturated carbocycles. The molecular weight excluding hydrogens is 210 g/mol. The highest BCUT2D eigenvalue weighted by Gasteiger charge is 2.13. The van der Waals surface area contributed by atoms with Crippen LogP contribution in [-0.4, -0.2) is 51.5 Å². The number of hydrogen-bond donors (Lipinski definition) is 1. The molecule has 0 aromatic heterocycles. The van der Waals surface area contributed by atoms with Gasteiger partial charge in [-0.25, -0.2) is 0 Å². The summed E-state index contributed by atoms with van der Waals surface area (Å²) in [4.78, 5) is 0. The minimum Gasteiger partial charge on any atom is -0.382 e. The van der Waals surface area contributed by atoms with E-state index in [-0.39, 0.29) is 0 Å². The molecule has 1 atom stereocenters. The van der Waals surface area contributed by atoms with Crippen molar-refractivity contribution in [3.63, 3.8) is 0 Å². The average Bonchev–Trinajstić information content (AvgIpc) is 2.75. The topological polar surface area (TPSA) is 30.5 Å². The molecule has 0 aliphatic carbocycles. The molecule has 1 saturated heterocycles. The van der Waals surface area contributed by atoms with E-state index in [9.17, 15) is 0 Å². The molecule has 15 heavy (non-hydrogen) atoms. The van der Waals surface area contributed by atoms with E-state index in [0.717, 1.165) is 32.1 Å². The quantitative estimate of drug-likeness (QED) is 0.610. The summed E-state index contributed by atoms with van der Waals surface area (Å²) in [5.74, 6) is 3.61. The molecule has 1 N–H and O–H groups in total. The van der Waals surface area contributed by atoms with Crippen LogP contribution in [0.3, 0.4) is 0 Å². The lowest BCUT2D eigenvalue weighted by molar-refractivity contribution is 0.0694. The zero-order chi connectivity index (χ0) is 10.8. The molecule has 0 radical (unpaired) electrons. The molecule has 0 aromatic rings. The van der Waals surface area contributed by atoms with Crippen molar-refractivity contribution in [1.82, 2.24) is 5.32 Å². The van der Waals surface area contributed by atoms with Crippen LogP contribution in [0.2, 0.25) is 0 Å². The Hall–Kier alpha value is 0.230. The maximum absolute atomic E-state index is 5.38. The van der Waals surface area contributed by atoms with Crippen LogP contribution in [0, 0.1) is 5.92 Å². The Labute approximate surface area is 97.3 Å². The van der Waals surface area contributed by atoms with E-state index in [4.69, 9.17) is 9.47 Å². The lowest BCUT2D eigenvalue weighted by Crippen LogP contribution is -2.24. The van der Waals surface area contributed by atoms with Crippen molar-refractivity contribution < 1.29 is 9.47 Å². The third kappa shape index (κ3) is 7.17. The number of rotatable bonds is 9. The van der Waals surface area contributed by atoms with Crippen LogP contribution >= 0.6 is 11.8 Å². The molecule has 1 aliphatic rings. The van der Waals surface area contributed by atoms with E-state index >= 15 is 0 Å². The summed E-state index contributed by atoms with van der Waals surface area (Å²) in [5.41, 5.74) is 0. The molecule has 1 rings (SSSR count). The van der Waals surface area contributed by atoms with Crippen LogP contribution in [0.5, 0.6) is 0 Å². The zero-order valence-electron chi connectivity index (χ0n) is 9.67. The van der Waals surface area contributed by atoms with Crippen LogP contribution in [0.15, 0.2) is 0 Å². The highest BCUT2D eigenvalue weighted by Crippen LogP contribution is 2.22. The second-order valence-corrected chi connectivity index (χ2v) is 5.04. The van der Waals surface area contributed by atoms with E-state index in [1.54, 1.807) is 7.11 Å². The minimum atomic E-state index is 0.701. The summed E-state index contributed by atoms with van der Waals surface area (Å²) in [7, 11) is 1.70. The molecular formula is C11H23NO2S. The number of methoxy groups -OCH3 is 1. The fraction of sp³-hybridized carbons (Fsp3) is 1.00. The highest BCUT2D eigenvalue weighted by molar-refractivity contribution is 7.99. The van der Waals surface area contributed by atoms with Gasteiger partial charge in [0, 0.05) is 13.7 Å². The van der Waals surface area contributed by atoms with Gasteiger partial charge in [0.05, 0.1) is 13.2 Å². The number of ether oxygens (including phenoxy) is 2. The third-order valence-electron chi connectivity index (χ3n) is 2.53. The Balaban J connectivity index is 1.73.